The number of ether oxygens (including phenoxy) is 1. The molecule has 0 amide bonds. The number of aryl methyl sites for hydroxylation is 1. The molecule has 32 heavy (non-hydrogen) atoms. The third-order valence-electron chi connectivity index (χ3n) is 4.89. The fourth-order valence-electron chi connectivity index (χ4n) is 3.35. The van der Waals surface area contributed by atoms with E-state index in [1.54, 1.807) is 27.7 Å². The van der Waals surface area contributed by atoms with Gasteiger partial charge in [0, 0.05) is 25.4 Å². The minimum Gasteiger partial charge on any atom is -0.462 e. The molecule has 0 fully saturated rings. The highest BCUT2D eigenvalue weighted by molar-refractivity contribution is 7.89. The van der Waals surface area contributed by atoms with Crippen LogP contribution in [0.25, 0.3) is 11.1 Å². The van der Waals surface area contributed by atoms with E-state index in [1.165, 1.54) is 27.2 Å². The quantitative estimate of drug-likeness (QED) is 0.490. The molecule has 0 bridgehead atoms. The van der Waals surface area contributed by atoms with E-state index in [0.29, 0.717) is 13.1 Å². The van der Waals surface area contributed by atoms with E-state index in [2.05, 4.69) is 9.97 Å². The van der Waals surface area contributed by atoms with Gasteiger partial charge in [0.05, 0.1) is 23.4 Å². The van der Waals surface area contributed by atoms with E-state index >= 15 is 0 Å². The summed E-state index contributed by atoms with van der Waals surface area (Å²) in [6.07, 6.45) is 1.25. The summed E-state index contributed by atoms with van der Waals surface area (Å²) in [4.78, 5) is 33.1. The normalized spacial score (nSPS) is 11.9. The average Bonchev–Trinajstić information content (AvgIpc) is 3.06. The first-order valence-corrected chi connectivity index (χ1v) is 11.5. The molecule has 0 spiro atoms. The molecule has 0 saturated heterocycles. The Kier molecular flexibility index (Phi) is 6.65. The van der Waals surface area contributed by atoms with E-state index in [-0.39, 0.29) is 52.1 Å². The number of hydrogen-bond acceptors (Lipinski definition) is 9. The van der Waals surface area contributed by atoms with Crippen LogP contribution in [0.15, 0.2) is 32.4 Å². The van der Waals surface area contributed by atoms with Crippen molar-refractivity contribution in [3.05, 3.63) is 45.8 Å². The van der Waals surface area contributed by atoms with Gasteiger partial charge in [0.25, 0.3) is 5.56 Å². The topological polar surface area (TPSA) is 151 Å². The lowest BCUT2D eigenvalue weighted by Gasteiger charge is -2.19. The van der Waals surface area contributed by atoms with Crippen molar-refractivity contribution in [1.82, 2.24) is 18.8 Å². The monoisotopic (exact) mass is 463 g/mol. The van der Waals surface area contributed by atoms with Crippen molar-refractivity contribution >= 4 is 32.9 Å². The van der Waals surface area contributed by atoms with Crippen LogP contribution < -0.4 is 11.3 Å². The van der Waals surface area contributed by atoms with Gasteiger partial charge in [0.2, 0.25) is 15.7 Å². The molecule has 0 aliphatic rings. The van der Waals surface area contributed by atoms with Crippen molar-refractivity contribution in [3.8, 4) is 0 Å². The molecule has 0 radical (unpaired) electrons. The Morgan fingerprint density at radius 3 is 2.53 bits per heavy atom. The molecule has 11 nitrogen and oxygen atoms in total. The first kappa shape index (κ1) is 23.4. The Labute approximate surface area is 184 Å². The zero-order valence-corrected chi connectivity index (χ0v) is 19.1. The molecule has 3 rings (SSSR count). The lowest BCUT2D eigenvalue weighted by atomic mass is 10.2. The number of nitrogens with zero attached hydrogens (tertiary/aromatic N) is 4. The van der Waals surface area contributed by atoms with Crippen LogP contribution in [0.4, 0.5) is 5.82 Å². The Bertz CT molecular complexity index is 1320. The van der Waals surface area contributed by atoms with Crippen LogP contribution in [0, 0.1) is 6.92 Å². The minimum absolute atomic E-state index is 0.00938. The number of nitrogens with two attached hydrogens (primary N) is 1. The van der Waals surface area contributed by atoms with Gasteiger partial charge in [0.1, 0.15) is 17.1 Å². The van der Waals surface area contributed by atoms with Gasteiger partial charge in [0.15, 0.2) is 5.82 Å². The number of hydrogen-bond donors (Lipinski definition) is 1. The van der Waals surface area contributed by atoms with Gasteiger partial charge in [-0.25, -0.2) is 18.2 Å². The maximum atomic E-state index is 12.8. The molecule has 3 aromatic rings. The van der Waals surface area contributed by atoms with Gasteiger partial charge in [-0.15, -0.1) is 0 Å². The second-order valence-corrected chi connectivity index (χ2v) is 8.82. The average molecular weight is 464 g/mol. The Hall–Kier alpha value is -3.25. The van der Waals surface area contributed by atoms with Gasteiger partial charge >= 0.3 is 5.97 Å². The van der Waals surface area contributed by atoms with Crippen LogP contribution in [0.1, 0.15) is 42.7 Å². The highest BCUT2D eigenvalue weighted by atomic mass is 32.2. The number of esters is 1. The molecule has 0 aliphatic carbocycles. The van der Waals surface area contributed by atoms with Gasteiger partial charge in [-0.2, -0.15) is 9.29 Å². The minimum atomic E-state index is -3.75. The number of furan rings is 1. The number of nitrogen functional groups attached to an aromatic ring is 1. The highest BCUT2D eigenvalue weighted by Crippen LogP contribution is 2.29. The van der Waals surface area contributed by atoms with E-state index in [0.717, 1.165) is 0 Å². The van der Waals surface area contributed by atoms with Crippen molar-refractivity contribution in [1.29, 1.82) is 0 Å². The standard InChI is InChI=1S/C20H25N5O6S/c1-5-25(6-2)32(28,29)13-8-9-15(26)24(10-13)11-14-22-18(21)17-16(20(27)30-7-3)12(4)31-19(17)23-14/h8-10H,5-7,11H2,1-4H3,(H2,21,22,23). The van der Waals surface area contributed by atoms with Crippen molar-refractivity contribution in [2.24, 2.45) is 0 Å². The van der Waals surface area contributed by atoms with Gasteiger partial charge in [-0.1, -0.05) is 13.8 Å². The van der Waals surface area contributed by atoms with E-state index < -0.39 is 21.6 Å². The Morgan fingerprint density at radius 2 is 1.91 bits per heavy atom. The summed E-state index contributed by atoms with van der Waals surface area (Å²) in [6, 6.07) is 2.45. The van der Waals surface area contributed by atoms with Crippen LogP contribution >= 0.6 is 0 Å². The number of rotatable bonds is 8. The summed E-state index contributed by atoms with van der Waals surface area (Å²) < 4.78 is 38.7. The van der Waals surface area contributed by atoms with Crippen molar-refractivity contribution in [2.75, 3.05) is 25.4 Å². The number of sulfonamides is 1. The van der Waals surface area contributed by atoms with Crippen molar-refractivity contribution in [3.63, 3.8) is 0 Å². The van der Waals surface area contributed by atoms with E-state index in [9.17, 15) is 18.0 Å². The molecule has 2 N–H and O–H groups in total. The first-order chi connectivity index (χ1) is 15.1. The number of pyridine rings is 1. The zero-order chi connectivity index (χ0) is 23.6. The summed E-state index contributed by atoms with van der Waals surface area (Å²) in [5.41, 5.74) is 5.85. The third kappa shape index (κ3) is 4.23. The number of carbonyl (C=O) groups excluding carboxylic acids is 1. The summed E-state index contributed by atoms with van der Waals surface area (Å²) in [5, 5.41) is 0.231. The second kappa shape index (κ2) is 9.09. The van der Waals surface area contributed by atoms with Crippen LogP contribution in [0.2, 0.25) is 0 Å². The zero-order valence-electron chi connectivity index (χ0n) is 18.3. The molecule has 3 aromatic heterocycles. The molecule has 0 saturated carbocycles. The van der Waals surface area contributed by atoms with Crippen molar-refractivity contribution in [2.45, 2.75) is 39.1 Å². The number of fused-ring (bicyclic) bond motifs is 1. The molecule has 0 atom stereocenters. The maximum absolute atomic E-state index is 12.8. The third-order valence-corrected chi connectivity index (χ3v) is 6.93. The largest absolute Gasteiger partial charge is 0.462 e. The Balaban J connectivity index is 2.04. The number of aromatic nitrogens is 3. The van der Waals surface area contributed by atoms with Crippen LogP contribution in [-0.4, -0.2) is 52.9 Å². The van der Waals surface area contributed by atoms with E-state index in [4.69, 9.17) is 14.9 Å². The summed E-state index contributed by atoms with van der Waals surface area (Å²) in [6.45, 7) is 7.37. The molecule has 0 unspecified atom stereocenters. The van der Waals surface area contributed by atoms with Crippen molar-refractivity contribution < 1.29 is 22.4 Å². The second-order valence-electron chi connectivity index (χ2n) is 6.88. The fourth-order valence-corrected chi connectivity index (χ4v) is 4.83. The summed E-state index contributed by atoms with van der Waals surface area (Å²) >= 11 is 0. The van der Waals surface area contributed by atoms with Crippen LogP contribution in [-0.2, 0) is 21.3 Å². The smallest absolute Gasteiger partial charge is 0.342 e. The highest BCUT2D eigenvalue weighted by Gasteiger charge is 2.25. The van der Waals surface area contributed by atoms with Crippen LogP contribution in [0.3, 0.4) is 0 Å². The first-order valence-electron chi connectivity index (χ1n) is 10.1. The molecule has 0 aliphatic heterocycles. The fraction of sp³-hybridized carbons (Fsp3) is 0.400. The number of carbonyl (C=O) groups is 1. The molecule has 0 aromatic carbocycles. The molecular weight excluding hydrogens is 438 g/mol. The predicted octanol–water partition coefficient (Wildman–Crippen LogP) is 1.53. The van der Waals surface area contributed by atoms with Gasteiger partial charge in [-0.3, -0.25) is 4.79 Å². The molecule has 12 heteroatoms. The number of anilines is 1. The lowest BCUT2D eigenvalue weighted by Crippen LogP contribution is -2.32. The lowest BCUT2D eigenvalue weighted by molar-refractivity contribution is 0.0526. The Morgan fingerprint density at radius 1 is 1.22 bits per heavy atom. The van der Waals surface area contributed by atoms with Gasteiger partial charge in [-0.05, 0) is 19.9 Å². The maximum Gasteiger partial charge on any atom is 0.342 e. The van der Waals surface area contributed by atoms with Gasteiger partial charge < -0.3 is 19.5 Å². The molecule has 172 valence electrons. The van der Waals surface area contributed by atoms with Crippen LogP contribution in [0.5, 0.6) is 0 Å². The molecule has 3 heterocycles. The SMILES string of the molecule is CCOC(=O)c1c(C)oc2nc(Cn3cc(S(=O)(=O)N(CC)CC)ccc3=O)nc(N)c12. The predicted molar refractivity (Wildman–Crippen MR) is 117 cm³/mol. The van der Waals surface area contributed by atoms with E-state index in [1.807, 2.05) is 0 Å². The molecular formula is C20H25N5O6S. The summed E-state index contributed by atoms with van der Waals surface area (Å²) in [5.74, 6) is -0.207. The summed E-state index contributed by atoms with van der Waals surface area (Å²) in [7, 11) is -3.75.